The first-order valence-corrected chi connectivity index (χ1v) is 10.2. The van der Waals surface area contributed by atoms with Crippen LogP contribution < -0.4 is 33.2 Å². The van der Waals surface area contributed by atoms with E-state index in [0.29, 0.717) is 6.42 Å². The third-order valence-corrected chi connectivity index (χ3v) is 4.82. The minimum Gasteiger partial charge on any atom is -0.480 e. The van der Waals surface area contributed by atoms with Gasteiger partial charge >= 0.3 is 5.97 Å². The number of carbonyl (C=O) groups is 6. The van der Waals surface area contributed by atoms with Gasteiger partial charge < -0.3 is 38.3 Å². The van der Waals surface area contributed by atoms with Gasteiger partial charge in [-0.25, -0.2) is 4.79 Å². The van der Waals surface area contributed by atoms with E-state index < -0.39 is 84.4 Å². The van der Waals surface area contributed by atoms with E-state index in [1.807, 2.05) is 0 Å². The van der Waals surface area contributed by atoms with Crippen molar-refractivity contribution in [1.29, 1.82) is 0 Å². The van der Waals surface area contributed by atoms with Gasteiger partial charge in [-0.15, -0.1) is 0 Å². The van der Waals surface area contributed by atoms with Crippen molar-refractivity contribution in [3.05, 3.63) is 0 Å². The van der Waals surface area contributed by atoms with Crippen molar-refractivity contribution in [3.8, 4) is 0 Å². The molecule has 5 amide bonds. The summed E-state index contributed by atoms with van der Waals surface area (Å²) in [4.78, 5) is 71.4. The highest BCUT2D eigenvalue weighted by Crippen LogP contribution is 2.09. The van der Waals surface area contributed by atoms with Crippen molar-refractivity contribution in [2.24, 2.45) is 29.0 Å². The quantitative estimate of drug-likeness (QED) is 0.144. The van der Waals surface area contributed by atoms with Crippen LogP contribution in [0.2, 0.25) is 0 Å². The normalized spacial score (nSPS) is 15.6. The number of carboxylic acid groups (broad SMARTS) is 1. The first-order chi connectivity index (χ1) is 14.7. The molecule has 0 aliphatic heterocycles. The molecule has 0 aromatic carbocycles. The minimum atomic E-state index is -1.47. The zero-order valence-corrected chi connectivity index (χ0v) is 18.7. The summed E-state index contributed by atoms with van der Waals surface area (Å²) < 4.78 is 0. The van der Waals surface area contributed by atoms with E-state index >= 15 is 0 Å². The Morgan fingerprint density at radius 3 is 1.69 bits per heavy atom. The Morgan fingerprint density at radius 1 is 0.781 bits per heavy atom. The van der Waals surface area contributed by atoms with Gasteiger partial charge in [0, 0.05) is 0 Å². The van der Waals surface area contributed by atoms with Crippen LogP contribution in [0.5, 0.6) is 0 Å². The molecule has 0 aromatic rings. The predicted molar refractivity (Wildman–Crippen MR) is 113 cm³/mol. The van der Waals surface area contributed by atoms with E-state index in [0.717, 1.165) is 0 Å². The third-order valence-electron chi connectivity index (χ3n) is 4.82. The van der Waals surface area contributed by atoms with Gasteiger partial charge in [0.15, 0.2) is 0 Å². The van der Waals surface area contributed by atoms with Crippen LogP contribution in [0.3, 0.4) is 0 Å². The van der Waals surface area contributed by atoms with E-state index in [-0.39, 0.29) is 0 Å². The SMILES string of the molecule is CCC(C)C(NC(=O)C(CC(N)=O)NC(=O)C(NC(=O)C(N)CC(N)=O)C(C)C)C(=O)O. The third kappa shape index (κ3) is 9.73. The summed E-state index contributed by atoms with van der Waals surface area (Å²) in [6.45, 7) is 6.59. The van der Waals surface area contributed by atoms with Crippen molar-refractivity contribution in [1.82, 2.24) is 16.0 Å². The lowest BCUT2D eigenvalue weighted by molar-refractivity contribution is -0.144. The predicted octanol–water partition coefficient (Wildman–Crippen LogP) is -2.69. The van der Waals surface area contributed by atoms with Crippen molar-refractivity contribution in [2.45, 2.75) is 71.1 Å². The lowest BCUT2D eigenvalue weighted by Gasteiger charge is -2.27. The molecule has 182 valence electrons. The van der Waals surface area contributed by atoms with Crippen LogP contribution in [0.25, 0.3) is 0 Å². The molecule has 10 N–H and O–H groups in total. The van der Waals surface area contributed by atoms with E-state index in [1.165, 1.54) is 0 Å². The number of carboxylic acids is 1. The molecule has 0 rings (SSSR count). The van der Waals surface area contributed by atoms with Gasteiger partial charge in [0.25, 0.3) is 0 Å². The maximum absolute atomic E-state index is 12.8. The molecule has 0 aromatic heterocycles. The largest absolute Gasteiger partial charge is 0.480 e. The van der Waals surface area contributed by atoms with Crippen molar-refractivity contribution < 1.29 is 33.9 Å². The van der Waals surface area contributed by atoms with Gasteiger partial charge in [0.1, 0.15) is 18.1 Å². The maximum atomic E-state index is 12.8. The van der Waals surface area contributed by atoms with Gasteiger partial charge in [-0.2, -0.15) is 0 Å². The molecule has 13 nitrogen and oxygen atoms in total. The monoisotopic (exact) mass is 458 g/mol. The Hall–Kier alpha value is -3.22. The van der Waals surface area contributed by atoms with Crippen LogP contribution in [0.15, 0.2) is 0 Å². The second kappa shape index (κ2) is 13.2. The number of carbonyl (C=O) groups excluding carboxylic acids is 5. The molecule has 0 aliphatic carbocycles. The molecule has 0 aliphatic rings. The lowest BCUT2D eigenvalue weighted by Crippen LogP contribution is -2.59. The Labute approximate surface area is 186 Å². The fourth-order valence-corrected chi connectivity index (χ4v) is 2.71. The summed E-state index contributed by atoms with van der Waals surface area (Å²) >= 11 is 0. The molecule has 32 heavy (non-hydrogen) atoms. The molecule has 0 bridgehead atoms. The molecular formula is C19H34N6O7. The van der Waals surface area contributed by atoms with Crippen molar-refractivity contribution >= 4 is 35.5 Å². The number of primary amides is 2. The van der Waals surface area contributed by atoms with Crippen LogP contribution in [0.4, 0.5) is 0 Å². The number of rotatable bonds is 14. The number of nitrogens with one attached hydrogen (secondary N) is 3. The molecule has 0 saturated carbocycles. The average molecular weight is 459 g/mol. The van der Waals surface area contributed by atoms with Crippen molar-refractivity contribution in [3.63, 3.8) is 0 Å². The van der Waals surface area contributed by atoms with Crippen molar-refractivity contribution in [2.75, 3.05) is 0 Å². The Balaban J connectivity index is 5.51. The summed E-state index contributed by atoms with van der Waals surface area (Å²) in [5.41, 5.74) is 15.8. The summed E-state index contributed by atoms with van der Waals surface area (Å²) in [7, 11) is 0. The van der Waals surface area contributed by atoms with E-state index in [9.17, 15) is 33.9 Å². The van der Waals surface area contributed by atoms with E-state index in [4.69, 9.17) is 17.2 Å². The number of amides is 5. The molecule has 13 heteroatoms. The first-order valence-electron chi connectivity index (χ1n) is 10.2. The van der Waals surface area contributed by atoms with Crippen LogP contribution >= 0.6 is 0 Å². The van der Waals surface area contributed by atoms with Crippen LogP contribution in [-0.2, 0) is 28.8 Å². The number of nitrogens with two attached hydrogens (primary N) is 3. The minimum absolute atomic E-state index is 0.421. The second-order valence-electron chi connectivity index (χ2n) is 7.95. The highest BCUT2D eigenvalue weighted by molar-refractivity contribution is 5.96. The maximum Gasteiger partial charge on any atom is 0.326 e. The zero-order chi connectivity index (χ0) is 25.2. The van der Waals surface area contributed by atoms with Gasteiger partial charge in [-0.1, -0.05) is 34.1 Å². The average Bonchev–Trinajstić information content (AvgIpc) is 2.66. The number of hydrogen-bond acceptors (Lipinski definition) is 7. The lowest BCUT2D eigenvalue weighted by atomic mass is 9.98. The van der Waals surface area contributed by atoms with Gasteiger partial charge in [-0.3, -0.25) is 24.0 Å². The Kier molecular flexibility index (Phi) is 11.9. The van der Waals surface area contributed by atoms with E-state index in [2.05, 4.69) is 16.0 Å². The molecule has 0 spiro atoms. The number of aliphatic carboxylic acids is 1. The topological polar surface area (TPSA) is 237 Å². The molecule has 0 radical (unpaired) electrons. The van der Waals surface area contributed by atoms with Crippen LogP contribution in [0, 0.1) is 11.8 Å². The smallest absolute Gasteiger partial charge is 0.326 e. The summed E-state index contributed by atoms with van der Waals surface area (Å²) in [5.74, 6) is -6.41. The Bertz CT molecular complexity index is 727. The van der Waals surface area contributed by atoms with Gasteiger partial charge in [0.2, 0.25) is 29.5 Å². The number of hydrogen-bond donors (Lipinski definition) is 7. The highest BCUT2D eigenvalue weighted by Gasteiger charge is 2.33. The van der Waals surface area contributed by atoms with Gasteiger partial charge in [0.05, 0.1) is 18.9 Å². The summed E-state index contributed by atoms with van der Waals surface area (Å²) in [5, 5.41) is 16.4. The standard InChI is InChI=1S/C19H34N6O7/c1-5-9(4)15(19(31)32)25-17(29)11(7-13(22)27)23-18(30)14(8(2)3)24-16(28)10(20)6-12(21)26/h8-11,14-15H,5-7,20H2,1-4H3,(H2,21,26)(H2,22,27)(H,23,30)(H,24,28)(H,25,29)(H,31,32). The first kappa shape index (κ1) is 28.8. The molecule has 0 saturated heterocycles. The molecule has 5 atom stereocenters. The molecule has 0 fully saturated rings. The highest BCUT2D eigenvalue weighted by atomic mass is 16.4. The fourth-order valence-electron chi connectivity index (χ4n) is 2.71. The summed E-state index contributed by atoms with van der Waals surface area (Å²) in [6, 6.07) is -5.16. The second-order valence-corrected chi connectivity index (χ2v) is 7.95. The van der Waals surface area contributed by atoms with Gasteiger partial charge in [-0.05, 0) is 11.8 Å². The summed E-state index contributed by atoms with van der Waals surface area (Å²) in [6.07, 6.45) is -0.571. The fraction of sp³-hybridized carbons (Fsp3) is 0.684. The van der Waals surface area contributed by atoms with Crippen LogP contribution in [0.1, 0.15) is 47.0 Å². The van der Waals surface area contributed by atoms with E-state index in [1.54, 1.807) is 27.7 Å². The Morgan fingerprint density at radius 2 is 1.28 bits per heavy atom. The zero-order valence-electron chi connectivity index (χ0n) is 18.7. The molecule has 0 heterocycles. The molecular weight excluding hydrogens is 424 g/mol. The van der Waals surface area contributed by atoms with Crippen LogP contribution in [-0.4, -0.2) is 64.8 Å². The molecule has 5 unspecified atom stereocenters.